The number of amides is 1. The molecule has 21 heavy (non-hydrogen) atoms. The summed E-state index contributed by atoms with van der Waals surface area (Å²) in [6, 6.07) is 0.674. The van der Waals surface area contributed by atoms with E-state index in [0.717, 1.165) is 58.0 Å². The van der Waals surface area contributed by atoms with Gasteiger partial charge in [0.2, 0.25) is 5.91 Å². The SMILES string of the molecule is O=C(NCCCN1CCNCC1)C1CC2CCCCC2N1. The third kappa shape index (κ3) is 4.18. The number of piperazine rings is 1. The molecule has 2 saturated heterocycles. The lowest BCUT2D eigenvalue weighted by Gasteiger charge is -2.27. The first-order valence-corrected chi connectivity index (χ1v) is 8.80. The van der Waals surface area contributed by atoms with Crippen LogP contribution in [0.5, 0.6) is 0 Å². The molecule has 0 aromatic carbocycles. The number of nitrogens with one attached hydrogen (secondary N) is 3. The van der Waals surface area contributed by atoms with Crippen LogP contribution < -0.4 is 16.0 Å². The molecule has 0 spiro atoms. The van der Waals surface area contributed by atoms with Crippen molar-refractivity contribution in [1.29, 1.82) is 0 Å². The van der Waals surface area contributed by atoms with Crippen molar-refractivity contribution in [1.82, 2.24) is 20.9 Å². The lowest BCUT2D eigenvalue weighted by Crippen LogP contribution is -2.45. The number of fused-ring (bicyclic) bond motifs is 1. The Kier molecular flexibility index (Phi) is 5.49. The molecule has 5 heteroatoms. The number of rotatable bonds is 5. The summed E-state index contributed by atoms with van der Waals surface area (Å²) in [5, 5.41) is 10.0. The van der Waals surface area contributed by atoms with Crippen LogP contribution in [0, 0.1) is 5.92 Å². The van der Waals surface area contributed by atoms with E-state index in [9.17, 15) is 4.79 Å². The van der Waals surface area contributed by atoms with Gasteiger partial charge in [0.15, 0.2) is 0 Å². The Morgan fingerprint density at radius 1 is 1.19 bits per heavy atom. The van der Waals surface area contributed by atoms with E-state index in [0.29, 0.717) is 6.04 Å². The molecule has 3 fully saturated rings. The van der Waals surface area contributed by atoms with Crippen LogP contribution in [0.25, 0.3) is 0 Å². The molecule has 3 unspecified atom stereocenters. The molecule has 2 heterocycles. The first-order chi connectivity index (χ1) is 10.3. The summed E-state index contributed by atoms with van der Waals surface area (Å²) in [4.78, 5) is 14.7. The average Bonchev–Trinajstić information content (AvgIpc) is 2.96. The Balaban J connectivity index is 1.31. The van der Waals surface area contributed by atoms with E-state index in [1.165, 1.54) is 25.7 Å². The van der Waals surface area contributed by atoms with E-state index in [4.69, 9.17) is 0 Å². The van der Waals surface area contributed by atoms with Gasteiger partial charge in [-0.25, -0.2) is 0 Å². The Hall–Kier alpha value is -0.650. The predicted octanol–water partition coefficient (Wildman–Crippen LogP) is 0.319. The molecule has 3 atom stereocenters. The fourth-order valence-electron chi connectivity index (χ4n) is 4.09. The number of hydrogen-bond acceptors (Lipinski definition) is 4. The van der Waals surface area contributed by atoms with Crippen molar-refractivity contribution in [3.63, 3.8) is 0 Å². The number of carbonyl (C=O) groups is 1. The van der Waals surface area contributed by atoms with Crippen LogP contribution in [0.2, 0.25) is 0 Å². The van der Waals surface area contributed by atoms with Gasteiger partial charge in [-0.3, -0.25) is 4.79 Å². The highest BCUT2D eigenvalue weighted by molar-refractivity contribution is 5.82. The molecule has 0 aromatic rings. The van der Waals surface area contributed by atoms with Crippen LogP contribution in [0.1, 0.15) is 38.5 Å². The Morgan fingerprint density at radius 3 is 2.81 bits per heavy atom. The summed E-state index contributed by atoms with van der Waals surface area (Å²) in [6.07, 6.45) is 7.36. The third-order valence-corrected chi connectivity index (χ3v) is 5.34. The third-order valence-electron chi connectivity index (χ3n) is 5.34. The lowest BCUT2D eigenvalue weighted by atomic mass is 9.85. The van der Waals surface area contributed by atoms with Gasteiger partial charge in [-0.05, 0) is 38.1 Å². The summed E-state index contributed by atoms with van der Waals surface area (Å²) in [5.74, 6) is 0.972. The molecule has 2 aliphatic heterocycles. The zero-order chi connectivity index (χ0) is 14.5. The average molecular weight is 294 g/mol. The maximum atomic E-state index is 12.2. The second-order valence-electron chi connectivity index (χ2n) is 6.84. The maximum absolute atomic E-state index is 12.2. The summed E-state index contributed by atoms with van der Waals surface area (Å²) in [5.41, 5.74) is 0. The standard InChI is InChI=1S/C16H30N4O/c21-16(15-12-13-4-1-2-5-14(13)19-15)18-6-3-9-20-10-7-17-8-11-20/h13-15,17,19H,1-12H2,(H,18,21). The van der Waals surface area contributed by atoms with E-state index in [1.54, 1.807) is 0 Å². The quantitative estimate of drug-likeness (QED) is 0.639. The molecule has 5 nitrogen and oxygen atoms in total. The fourth-order valence-corrected chi connectivity index (χ4v) is 4.09. The van der Waals surface area contributed by atoms with E-state index in [1.807, 2.05) is 0 Å². The molecule has 120 valence electrons. The van der Waals surface area contributed by atoms with Gasteiger partial charge in [0.1, 0.15) is 0 Å². The van der Waals surface area contributed by atoms with E-state index >= 15 is 0 Å². The summed E-state index contributed by atoms with van der Waals surface area (Å²) >= 11 is 0. The molecule has 3 aliphatic rings. The minimum absolute atomic E-state index is 0.0669. The first-order valence-electron chi connectivity index (χ1n) is 8.80. The number of hydrogen-bond donors (Lipinski definition) is 3. The van der Waals surface area contributed by atoms with E-state index in [-0.39, 0.29) is 11.9 Å². The van der Waals surface area contributed by atoms with Crippen LogP contribution in [0.4, 0.5) is 0 Å². The van der Waals surface area contributed by atoms with Gasteiger partial charge in [0.05, 0.1) is 6.04 Å². The van der Waals surface area contributed by atoms with Crippen LogP contribution in [0.3, 0.4) is 0 Å². The maximum Gasteiger partial charge on any atom is 0.237 e. The van der Waals surface area contributed by atoms with Crippen molar-refractivity contribution in [2.45, 2.75) is 50.6 Å². The first kappa shape index (κ1) is 15.3. The normalized spacial score (nSPS) is 33.6. The Morgan fingerprint density at radius 2 is 2.00 bits per heavy atom. The van der Waals surface area contributed by atoms with Gasteiger partial charge in [-0.1, -0.05) is 12.8 Å². The number of carbonyl (C=O) groups excluding carboxylic acids is 1. The van der Waals surface area contributed by atoms with Crippen molar-refractivity contribution >= 4 is 5.91 Å². The largest absolute Gasteiger partial charge is 0.355 e. The molecule has 0 aromatic heterocycles. The molecular formula is C16H30N4O. The van der Waals surface area contributed by atoms with Gasteiger partial charge in [-0.2, -0.15) is 0 Å². The Labute approximate surface area is 128 Å². The minimum Gasteiger partial charge on any atom is -0.355 e. The highest BCUT2D eigenvalue weighted by atomic mass is 16.2. The fraction of sp³-hybridized carbons (Fsp3) is 0.938. The van der Waals surface area contributed by atoms with Crippen molar-refractivity contribution < 1.29 is 4.79 Å². The smallest absolute Gasteiger partial charge is 0.237 e. The minimum atomic E-state index is 0.0669. The summed E-state index contributed by atoms with van der Waals surface area (Å²) in [7, 11) is 0. The molecule has 1 amide bonds. The number of nitrogens with zero attached hydrogens (tertiary/aromatic N) is 1. The predicted molar refractivity (Wildman–Crippen MR) is 84.2 cm³/mol. The van der Waals surface area contributed by atoms with Gasteiger partial charge in [-0.15, -0.1) is 0 Å². The van der Waals surface area contributed by atoms with Crippen LogP contribution >= 0.6 is 0 Å². The zero-order valence-corrected chi connectivity index (χ0v) is 13.1. The Bertz CT molecular complexity index is 329. The van der Waals surface area contributed by atoms with Crippen molar-refractivity contribution in [2.24, 2.45) is 5.92 Å². The molecule has 1 saturated carbocycles. The second-order valence-corrected chi connectivity index (χ2v) is 6.84. The summed E-state index contributed by atoms with van der Waals surface area (Å²) < 4.78 is 0. The van der Waals surface area contributed by atoms with Gasteiger partial charge in [0.25, 0.3) is 0 Å². The monoisotopic (exact) mass is 294 g/mol. The van der Waals surface area contributed by atoms with Gasteiger partial charge >= 0.3 is 0 Å². The lowest BCUT2D eigenvalue weighted by molar-refractivity contribution is -0.122. The van der Waals surface area contributed by atoms with E-state index < -0.39 is 0 Å². The van der Waals surface area contributed by atoms with Crippen LogP contribution in [-0.4, -0.2) is 62.2 Å². The molecule has 3 N–H and O–H groups in total. The molecule has 0 bridgehead atoms. The van der Waals surface area contributed by atoms with Gasteiger partial charge < -0.3 is 20.9 Å². The van der Waals surface area contributed by atoms with Crippen molar-refractivity contribution in [3.8, 4) is 0 Å². The topological polar surface area (TPSA) is 56.4 Å². The summed E-state index contributed by atoms with van der Waals surface area (Å²) in [6.45, 7) is 6.40. The molecule has 1 aliphatic carbocycles. The van der Waals surface area contributed by atoms with Crippen LogP contribution in [-0.2, 0) is 4.79 Å². The highest BCUT2D eigenvalue weighted by Crippen LogP contribution is 2.33. The highest BCUT2D eigenvalue weighted by Gasteiger charge is 2.37. The second kappa shape index (κ2) is 7.56. The molecule has 0 radical (unpaired) electrons. The van der Waals surface area contributed by atoms with Crippen molar-refractivity contribution in [2.75, 3.05) is 39.3 Å². The zero-order valence-electron chi connectivity index (χ0n) is 13.1. The van der Waals surface area contributed by atoms with E-state index in [2.05, 4.69) is 20.9 Å². The van der Waals surface area contributed by atoms with Gasteiger partial charge in [0, 0.05) is 38.8 Å². The molecular weight excluding hydrogens is 264 g/mol. The van der Waals surface area contributed by atoms with Crippen molar-refractivity contribution in [3.05, 3.63) is 0 Å². The van der Waals surface area contributed by atoms with Crippen LogP contribution in [0.15, 0.2) is 0 Å². The molecule has 3 rings (SSSR count).